The van der Waals surface area contributed by atoms with E-state index in [4.69, 9.17) is 4.98 Å². The Labute approximate surface area is 181 Å². The number of nitrogens with zero attached hydrogens (tertiary/aromatic N) is 3. The number of H-pyrrole nitrogens is 1. The van der Waals surface area contributed by atoms with Crippen LogP contribution >= 0.6 is 11.3 Å². The number of aromatic amines is 1. The van der Waals surface area contributed by atoms with Crippen molar-refractivity contribution < 1.29 is 4.79 Å². The molecule has 1 aliphatic rings. The van der Waals surface area contributed by atoms with E-state index in [0.29, 0.717) is 17.8 Å². The molecule has 2 aromatic heterocycles. The summed E-state index contributed by atoms with van der Waals surface area (Å²) in [5.74, 6) is 0.0172. The molecule has 1 fully saturated rings. The van der Waals surface area contributed by atoms with E-state index in [-0.39, 0.29) is 18.0 Å². The average Bonchev–Trinajstić information content (AvgIpc) is 3.37. The highest BCUT2D eigenvalue weighted by Crippen LogP contribution is 2.33. The Balaban J connectivity index is 1.61. The van der Waals surface area contributed by atoms with Crippen LogP contribution in [0.1, 0.15) is 51.0 Å². The van der Waals surface area contributed by atoms with Gasteiger partial charge in [-0.3, -0.25) is 9.89 Å². The van der Waals surface area contributed by atoms with Gasteiger partial charge >= 0.3 is 0 Å². The zero-order valence-electron chi connectivity index (χ0n) is 17.9. The minimum absolute atomic E-state index is 0.0172. The van der Waals surface area contributed by atoms with Crippen molar-refractivity contribution in [2.45, 2.75) is 64.7 Å². The lowest BCUT2D eigenvalue weighted by Crippen LogP contribution is -2.54. The van der Waals surface area contributed by atoms with Crippen LogP contribution in [-0.4, -0.2) is 50.2 Å². The van der Waals surface area contributed by atoms with Crippen molar-refractivity contribution in [1.82, 2.24) is 25.4 Å². The minimum atomic E-state index is 0.0172. The molecule has 0 bridgehead atoms. The summed E-state index contributed by atoms with van der Waals surface area (Å²) in [7, 11) is 0. The molecule has 1 amide bonds. The summed E-state index contributed by atoms with van der Waals surface area (Å²) < 4.78 is 0. The SMILES string of the molecule is CC1CC(N(C(=O)c2csc(-c3cn[nH]c3-c3ccccc3)n2)C(C)C)CC(C)N1. The van der Waals surface area contributed by atoms with E-state index in [1.807, 2.05) is 40.6 Å². The van der Waals surface area contributed by atoms with Crippen LogP contribution in [0.2, 0.25) is 0 Å². The summed E-state index contributed by atoms with van der Waals surface area (Å²) in [4.78, 5) is 20.2. The fourth-order valence-electron chi connectivity index (χ4n) is 4.48. The normalized spacial score (nSPS) is 21.7. The maximum absolute atomic E-state index is 13.5. The van der Waals surface area contributed by atoms with Gasteiger partial charge in [0.25, 0.3) is 5.91 Å². The molecular formula is C23H29N5OS. The third-order valence-corrected chi connectivity index (χ3v) is 6.54. The largest absolute Gasteiger partial charge is 0.332 e. The number of hydrogen-bond donors (Lipinski definition) is 2. The van der Waals surface area contributed by atoms with Crippen LogP contribution in [0.5, 0.6) is 0 Å². The number of nitrogens with one attached hydrogen (secondary N) is 2. The van der Waals surface area contributed by atoms with Gasteiger partial charge in [-0.15, -0.1) is 11.3 Å². The number of aromatic nitrogens is 3. The van der Waals surface area contributed by atoms with Crippen LogP contribution < -0.4 is 5.32 Å². The molecule has 0 saturated carbocycles. The molecule has 4 rings (SSSR count). The predicted octanol–water partition coefficient (Wildman–Crippen LogP) is 4.58. The molecule has 3 heterocycles. The van der Waals surface area contributed by atoms with Gasteiger partial charge in [0.15, 0.2) is 0 Å². The van der Waals surface area contributed by atoms with Gasteiger partial charge in [0.05, 0.1) is 17.5 Å². The molecule has 3 aromatic rings. The van der Waals surface area contributed by atoms with Gasteiger partial charge in [0.1, 0.15) is 10.7 Å². The van der Waals surface area contributed by atoms with E-state index in [0.717, 1.165) is 34.7 Å². The summed E-state index contributed by atoms with van der Waals surface area (Å²) >= 11 is 1.49. The minimum Gasteiger partial charge on any atom is -0.332 e. The summed E-state index contributed by atoms with van der Waals surface area (Å²) in [5.41, 5.74) is 3.41. The molecule has 0 aliphatic carbocycles. The summed E-state index contributed by atoms with van der Waals surface area (Å²) in [5, 5.41) is 13.5. The quantitative estimate of drug-likeness (QED) is 0.630. The van der Waals surface area contributed by atoms with Crippen molar-refractivity contribution in [2.75, 3.05) is 0 Å². The molecule has 2 unspecified atom stereocenters. The fraction of sp³-hybridized carbons (Fsp3) is 0.435. The van der Waals surface area contributed by atoms with E-state index >= 15 is 0 Å². The molecule has 1 aliphatic heterocycles. The Bertz CT molecular complexity index is 986. The molecule has 0 radical (unpaired) electrons. The first-order valence-corrected chi connectivity index (χ1v) is 11.5. The number of benzene rings is 1. The van der Waals surface area contributed by atoms with Gasteiger partial charge in [0, 0.05) is 35.1 Å². The zero-order chi connectivity index (χ0) is 21.3. The van der Waals surface area contributed by atoms with Gasteiger partial charge < -0.3 is 10.2 Å². The van der Waals surface area contributed by atoms with Crippen molar-refractivity contribution in [3.63, 3.8) is 0 Å². The van der Waals surface area contributed by atoms with Gasteiger partial charge in [-0.05, 0) is 40.5 Å². The molecule has 6 nitrogen and oxygen atoms in total. The molecule has 0 spiro atoms. The number of carbonyl (C=O) groups is 1. The number of piperidine rings is 1. The highest BCUT2D eigenvalue weighted by Gasteiger charge is 2.33. The smallest absolute Gasteiger partial charge is 0.273 e. The maximum atomic E-state index is 13.5. The third-order valence-electron chi connectivity index (χ3n) is 5.66. The average molecular weight is 424 g/mol. The second kappa shape index (κ2) is 8.70. The molecular weight excluding hydrogens is 394 g/mol. The standard InChI is InChI=1S/C23H29N5OS/c1-14(2)28(18-10-15(3)25-16(4)11-18)23(29)20-13-30-22(26-20)19-12-24-27-21(19)17-8-6-5-7-9-17/h5-9,12-16,18,25H,10-11H2,1-4H3,(H,24,27). The topological polar surface area (TPSA) is 73.9 Å². The molecule has 7 heteroatoms. The van der Waals surface area contributed by atoms with Crippen molar-refractivity contribution in [3.05, 3.63) is 47.6 Å². The summed E-state index contributed by atoms with van der Waals surface area (Å²) in [6, 6.07) is 11.2. The van der Waals surface area contributed by atoms with E-state index in [9.17, 15) is 4.79 Å². The van der Waals surface area contributed by atoms with Crippen LogP contribution in [-0.2, 0) is 0 Å². The van der Waals surface area contributed by atoms with E-state index in [1.54, 1.807) is 6.20 Å². The lowest BCUT2D eigenvalue weighted by Gasteiger charge is -2.41. The van der Waals surface area contributed by atoms with Crippen molar-refractivity contribution in [2.24, 2.45) is 0 Å². The van der Waals surface area contributed by atoms with E-state index < -0.39 is 0 Å². The van der Waals surface area contributed by atoms with Gasteiger partial charge in [-0.1, -0.05) is 30.3 Å². The number of amides is 1. The maximum Gasteiger partial charge on any atom is 0.273 e. The Hall–Kier alpha value is -2.51. The van der Waals surface area contributed by atoms with Crippen molar-refractivity contribution >= 4 is 17.2 Å². The first-order valence-electron chi connectivity index (χ1n) is 10.6. The predicted molar refractivity (Wildman–Crippen MR) is 122 cm³/mol. The van der Waals surface area contributed by atoms with Gasteiger partial charge in [-0.2, -0.15) is 5.10 Å². The van der Waals surface area contributed by atoms with Crippen molar-refractivity contribution in [3.8, 4) is 21.8 Å². The Morgan fingerprint density at radius 3 is 2.53 bits per heavy atom. The summed E-state index contributed by atoms with van der Waals surface area (Å²) in [6.45, 7) is 8.56. The van der Waals surface area contributed by atoms with Crippen LogP contribution in [0.15, 0.2) is 41.9 Å². The number of carbonyl (C=O) groups excluding carboxylic acids is 1. The highest BCUT2D eigenvalue weighted by atomic mass is 32.1. The zero-order valence-corrected chi connectivity index (χ0v) is 18.7. The highest BCUT2D eigenvalue weighted by molar-refractivity contribution is 7.13. The molecule has 30 heavy (non-hydrogen) atoms. The lowest BCUT2D eigenvalue weighted by molar-refractivity contribution is 0.0510. The Morgan fingerprint density at radius 2 is 1.87 bits per heavy atom. The van der Waals surface area contributed by atoms with Crippen LogP contribution in [0, 0.1) is 0 Å². The second-order valence-electron chi connectivity index (χ2n) is 8.46. The fourth-order valence-corrected chi connectivity index (χ4v) is 5.29. The Morgan fingerprint density at radius 1 is 1.17 bits per heavy atom. The molecule has 1 saturated heterocycles. The van der Waals surface area contributed by atoms with E-state index in [1.165, 1.54) is 11.3 Å². The first kappa shape index (κ1) is 20.8. The molecule has 2 N–H and O–H groups in total. The van der Waals surface area contributed by atoms with Crippen LogP contribution in [0.3, 0.4) is 0 Å². The third kappa shape index (κ3) is 4.18. The number of hydrogen-bond acceptors (Lipinski definition) is 5. The van der Waals surface area contributed by atoms with E-state index in [2.05, 4.69) is 43.2 Å². The molecule has 2 atom stereocenters. The van der Waals surface area contributed by atoms with Crippen LogP contribution in [0.4, 0.5) is 0 Å². The second-order valence-corrected chi connectivity index (χ2v) is 9.32. The summed E-state index contributed by atoms with van der Waals surface area (Å²) in [6.07, 6.45) is 3.71. The van der Waals surface area contributed by atoms with Crippen LogP contribution in [0.25, 0.3) is 21.8 Å². The molecule has 158 valence electrons. The lowest BCUT2D eigenvalue weighted by atomic mass is 9.93. The first-order chi connectivity index (χ1) is 14.4. The number of thiazole rings is 1. The van der Waals surface area contributed by atoms with Gasteiger partial charge in [-0.25, -0.2) is 4.98 Å². The monoisotopic (exact) mass is 423 g/mol. The van der Waals surface area contributed by atoms with Gasteiger partial charge in [0.2, 0.25) is 0 Å². The Kier molecular flexibility index (Phi) is 6.01. The number of rotatable bonds is 5. The molecule has 1 aromatic carbocycles. The van der Waals surface area contributed by atoms with Crippen molar-refractivity contribution in [1.29, 1.82) is 0 Å².